The van der Waals surface area contributed by atoms with Gasteiger partial charge in [-0.1, -0.05) is 29.8 Å². The second kappa shape index (κ2) is 7.12. The van der Waals surface area contributed by atoms with Crippen LogP contribution in [0.4, 0.5) is 10.1 Å². The molecule has 2 N–H and O–H groups in total. The van der Waals surface area contributed by atoms with Crippen LogP contribution in [0.25, 0.3) is 0 Å². The van der Waals surface area contributed by atoms with E-state index in [1.165, 1.54) is 12.1 Å². The van der Waals surface area contributed by atoms with Crippen molar-refractivity contribution >= 4 is 17.3 Å². The summed E-state index contributed by atoms with van der Waals surface area (Å²) in [6.45, 7) is 0.396. The fourth-order valence-corrected chi connectivity index (χ4v) is 1.88. The van der Waals surface area contributed by atoms with Crippen LogP contribution in [0, 0.1) is 5.82 Å². The van der Waals surface area contributed by atoms with Crippen molar-refractivity contribution in [1.82, 2.24) is 0 Å². The summed E-state index contributed by atoms with van der Waals surface area (Å²) in [5.74, 6) is 0.273. The molecule has 0 aliphatic carbocycles. The quantitative estimate of drug-likeness (QED) is 0.859. The Morgan fingerprint density at radius 1 is 1.20 bits per heavy atom. The predicted octanol–water partition coefficient (Wildman–Crippen LogP) is 3.33. The third-order valence-electron chi connectivity index (χ3n) is 2.59. The molecule has 3 nitrogen and oxygen atoms in total. The monoisotopic (exact) mass is 295 g/mol. The zero-order chi connectivity index (χ0) is 14.4. The van der Waals surface area contributed by atoms with E-state index in [0.717, 1.165) is 0 Å². The molecule has 0 saturated carbocycles. The first-order valence-electron chi connectivity index (χ1n) is 6.19. The molecule has 2 aromatic carbocycles. The predicted molar refractivity (Wildman–Crippen MR) is 77.8 cm³/mol. The Morgan fingerprint density at radius 2 is 1.95 bits per heavy atom. The zero-order valence-electron chi connectivity index (χ0n) is 10.7. The van der Waals surface area contributed by atoms with Gasteiger partial charge in [0.25, 0.3) is 0 Å². The van der Waals surface area contributed by atoms with Gasteiger partial charge in [-0.3, -0.25) is 0 Å². The van der Waals surface area contributed by atoms with Crippen molar-refractivity contribution in [3.05, 3.63) is 59.4 Å². The Labute approximate surface area is 122 Å². The Morgan fingerprint density at radius 3 is 2.65 bits per heavy atom. The number of para-hydroxylation sites is 1. The number of aliphatic hydroxyl groups excluding tert-OH is 1. The van der Waals surface area contributed by atoms with Crippen LogP contribution in [0.5, 0.6) is 5.75 Å². The summed E-state index contributed by atoms with van der Waals surface area (Å²) in [4.78, 5) is 0. The molecule has 1 unspecified atom stereocenters. The second-order valence-corrected chi connectivity index (χ2v) is 4.75. The molecule has 5 heteroatoms. The van der Waals surface area contributed by atoms with Gasteiger partial charge in [-0.2, -0.15) is 0 Å². The average molecular weight is 296 g/mol. The Bertz CT molecular complexity index is 531. The smallest absolute Gasteiger partial charge is 0.126 e. The standard InChI is InChI=1S/C15H15ClFNO2/c16-11-6-12(17)8-13(7-11)18-9-14(19)10-20-15-4-2-1-3-5-15/h1-8,14,18-19H,9-10H2. The van der Waals surface area contributed by atoms with E-state index >= 15 is 0 Å². The number of hydrogen-bond donors (Lipinski definition) is 2. The van der Waals surface area contributed by atoms with Crippen LogP contribution in [0.15, 0.2) is 48.5 Å². The maximum Gasteiger partial charge on any atom is 0.126 e. The first-order valence-corrected chi connectivity index (χ1v) is 6.57. The molecule has 0 amide bonds. The van der Waals surface area contributed by atoms with Gasteiger partial charge in [0.1, 0.15) is 24.3 Å². The fourth-order valence-electron chi connectivity index (χ4n) is 1.66. The Hall–Kier alpha value is -1.78. The highest BCUT2D eigenvalue weighted by Gasteiger charge is 2.06. The molecule has 0 saturated heterocycles. The van der Waals surface area contributed by atoms with Crippen molar-refractivity contribution in [2.45, 2.75) is 6.10 Å². The first-order chi connectivity index (χ1) is 9.63. The normalized spacial score (nSPS) is 11.9. The second-order valence-electron chi connectivity index (χ2n) is 4.32. The van der Waals surface area contributed by atoms with Gasteiger partial charge >= 0.3 is 0 Å². The van der Waals surface area contributed by atoms with Crippen molar-refractivity contribution in [3.8, 4) is 5.75 Å². The fraction of sp³-hybridized carbons (Fsp3) is 0.200. The first kappa shape index (κ1) is 14.6. The lowest BCUT2D eigenvalue weighted by atomic mass is 10.3. The molecule has 106 valence electrons. The minimum atomic E-state index is -0.711. The molecular formula is C15H15ClFNO2. The van der Waals surface area contributed by atoms with Crippen molar-refractivity contribution < 1.29 is 14.2 Å². The molecular weight excluding hydrogens is 281 g/mol. The van der Waals surface area contributed by atoms with E-state index in [9.17, 15) is 9.50 Å². The van der Waals surface area contributed by atoms with Gasteiger partial charge in [-0.15, -0.1) is 0 Å². The third-order valence-corrected chi connectivity index (χ3v) is 2.81. The molecule has 0 bridgehead atoms. The summed E-state index contributed by atoms with van der Waals surface area (Å²) < 4.78 is 18.5. The number of halogens is 2. The lowest BCUT2D eigenvalue weighted by Gasteiger charge is -2.14. The van der Waals surface area contributed by atoms with E-state index in [0.29, 0.717) is 16.5 Å². The Kier molecular flexibility index (Phi) is 5.21. The van der Waals surface area contributed by atoms with Gasteiger partial charge in [0, 0.05) is 17.3 Å². The molecule has 2 aromatic rings. The topological polar surface area (TPSA) is 41.5 Å². The molecule has 1 atom stereocenters. The summed E-state index contributed by atoms with van der Waals surface area (Å²) in [5.41, 5.74) is 0.522. The summed E-state index contributed by atoms with van der Waals surface area (Å²) >= 11 is 5.74. The zero-order valence-corrected chi connectivity index (χ0v) is 11.5. The van der Waals surface area contributed by atoms with Gasteiger partial charge in [-0.05, 0) is 30.3 Å². The number of rotatable bonds is 6. The highest BCUT2D eigenvalue weighted by atomic mass is 35.5. The van der Waals surface area contributed by atoms with Crippen LogP contribution in [0.1, 0.15) is 0 Å². The van der Waals surface area contributed by atoms with E-state index in [1.54, 1.807) is 6.07 Å². The average Bonchev–Trinajstić information content (AvgIpc) is 2.43. The van der Waals surface area contributed by atoms with Gasteiger partial charge in [-0.25, -0.2) is 4.39 Å². The summed E-state index contributed by atoms with van der Waals surface area (Å²) in [6, 6.07) is 13.4. The molecule has 0 spiro atoms. The Balaban J connectivity index is 1.78. The van der Waals surface area contributed by atoms with E-state index < -0.39 is 11.9 Å². The highest BCUT2D eigenvalue weighted by Crippen LogP contribution is 2.18. The number of anilines is 1. The van der Waals surface area contributed by atoms with Crippen LogP contribution >= 0.6 is 11.6 Å². The molecule has 0 aliphatic heterocycles. The van der Waals surface area contributed by atoms with E-state index in [-0.39, 0.29) is 13.2 Å². The number of benzene rings is 2. The van der Waals surface area contributed by atoms with E-state index in [2.05, 4.69) is 5.32 Å². The van der Waals surface area contributed by atoms with Gasteiger partial charge in [0.05, 0.1) is 0 Å². The number of aliphatic hydroxyl groups is 1. The molecule has 0 fully saturated rings. The van der Waals surface area contributed by atoms with Crippen molar-refractivity contribution in [1.29, 1.82) is 0 Å². The van der Waals surface area contributed by atoms with Crippen LogP contribution in [0.2, 0.25) is 5.02 Å². The van der Waals surface area contributed by atoms with Crippen molar-refractivity contribution in [2.75, 3.05) is 18.5 Å². The van der Waals surface area contributed by atoms with Crippen molar-refractivity contribution in [2.24, 2.45) is 0 Å². The minimum Gasteiger partial charge on any atom is -0.491 e. The largest absolute Gasteiger partial charge is 0.491 e. The minimum absolute atomic E-state index is 0.153. The maximum atomic E-state index is 13.1. The molecule has 2 rings (SSSR count). The molecule has 0 aliphatic rings. The molecule has 0 aromatic heterocycles. The van der Waals surface area contributed by atoms with E-state index in [4.69, 9.17) is 16.3 Å². The molecule has 20 heavy (non-hydrogen) atoms. The summed E-state index contributed by atoms with van der Waals surface area (Å²) in [6.07, 6.45) is -0.711. The lowest BCUT2D eigenvalue weighted by molar-refractivity contribution is 0.117. The van der Waals surface area contributed by atoms with E-state index in [1.807, 2.05) is 30.3 Å². The lowest BCUT2D eigenvalue weighted by Crippen LogP contribution is -2.26. The van der Waals surface area contributed by atoms with Crippen LogP contribution < -0.4 is 10.1 Å². The van der Waals surface area contributed by atoms with Crippen molar-refractivity contribution in [3.63, 3.8) is 0 Å². The SMILES string of the molecule is OC(CNc1cc(F)cc(Cl)c1)COc1ccccc1. The van der Waals surface area contributed by atoms with Crippen LogP contribution in [-0.2, 0) is 0 Å². The van der Waals surface area contributed by atoms with Crippen LogP contribution in [-0.4, -0.2) is 24.4 Å². The molecule has 0 radical (unpaired) electrons. The van der Waals surface area contributed by atoms with Crippen LogP contribution in [0.3, 0.4) is 0 Å². The molecule has 0 heterocycles. The number of nitrogens with one attached hydrogen (secondary N) is 1. The highest BCUT2D eigenvalue weighted by molar-refractivity contribution is 6.30. The summed E-state index contributed by atoms with van der Waals surface area (Å²) in [5, 5.41) is 13.0. The number of hydrogen-bond acceptors (Lipinski definition) is 3. The number of ether oxygens (including phenoxy) is 1. The summed E-state index contributed by atoms with van der Waals surface area (Å²) in [7, 11) is 0. The maximum absolute atomic E-state index is 13.1. The van der Waals surface area contributed by atoms with Gasteiger partial charge in [0.15, 0.2) is 0 Å². The third kappa shape index (κ3) is 4.72. The van der Waals surface area contributed by atoms with Gasteiger partial charge < -0.3 is 15.2 Å². The van der Waals surface area contributed by atoms with Gasteiger partial charge in [0.2, 0.25) is 0 Å².